The summed E-state index contributed by atoms with van der Waals surface area (Å²) in [6.45, 7) is 1.83. The van der Waals surface area contributed by atoms with Gasteiger partial charge in [-0.25, -0.2) is 9.97 Å². The number of anilines is 1. The standard InChI is InChI=1S/C22H25N5OS2/c28-18(25-17-8-2-1-3-9-17)13-29-21-19-20(23-14-24-21)26-22(30-19)27-11-10-15-6-4-5-7-16(15)12-27/h4-7,14,17H,1-3,8-13H2,(H,25,28). The van der Waals surface area contributed by atoms with Crippen LogP contribution in [0, 0.1) is 0 Å². The van der Waals surface area contributed by atoms with Crippen molar-refractivity contribution in [2.45, 2.75) is 56.1 Å². The molecule has 1 saturated carbocycles. The number of carbonyl (C=O) groups excluding carboxylic acids is 1. The average molecular weight is 440 g/mol. The van der Waals surface area contributed by atoms with Gasteiger partial charge in [-0.05, 0) is 30.4 Å². The van der Waals surface area contributed by atoms with Crippen LogP contribution in [0.1, 0.15) is 43.2 Å². The van der Waals surface area contributed by atoms with E-state index in [9.17, 15) is 4.79 Å². The summed E-state index contributed by atoms with van der Waals surface area (Å²) in [6, 6.07) is 8.95. The second-order valence-electron chi connectivity index (χ2n) is 7.96. The molecule has 2 aromatic heterocycles. The van der Waals surface area contributed by atoms with Crippen molar-refractivity contribution >= 4 is 44.5 Å². The van der Waals surface area contributed by atoms with Gasteiger partial charge in [-0.15, -0.1) is 0 Å². The molecule has 8 heteroatoms. The Balaban J connectivity index is 1.28. The van der Waals surface area contributed by atoms with Gasteiger partial charge < -0.3 is 10.2 Å². The fourth-order valence-corrected chi connectivity index (χ4v) is 6.20. The Morgan fingerprint density at radius 1 is 1.17 bits per heavy atom. The van der Waals surface area contributed by atoms with Crippen LogP contribution in [0.25, 0.3) is 10.3 Å². The van der Waals surface area contributed by atoms with Crippen molar-refractivity contribution in [3.05, 3.63) is 41.7 Å². The molecule has 30 heavy (non-hydrogen) atoms. The third kappa shape index (κ3) is 4.30. The van der Waals surface area contributed by atoms with Crippen LogP contribution >= 0.6 is 23.1 Å². The van der Waals surface area contributed by atoms with Gasteiger partial charge in [0.2, 0.25) is 5.91 Å². The minimum Gasteiger partial charge on any atom is -0.353 e. The number of rotatable bonds is 5. The zero-order valence-electron chi connectivity index (χ0n) is 16.8. The number of hydrogen-bond acceptors (Lipinski definition) is 7. The first-order valence-electron chi connectivity index (χ1n) is 10.6. The lowest BCUT2D eigenvalue weighted by molar-refractivity contribution is -0.119. The topological polar surface area (TPSA) is 71.0 Å². The third-order valence-electron chi connectivity index (χ3n) is 5.86. The van der Waals surface area contributed by atoms with Crippen LogP contribution in [0.2, 0.25) is 0 Å². The predicted molar refractivity (Wildman–Crippen MR) is 122 cm³/mol. The van der Waals surface area contributed by atoms with Crippen molar-refractivity contribution in [1.29, 1.82) is 0 Å². The average Bonchev–Trinajstić information content (AvgIpc) is 3.23. The van der Waals surface area contributed by atoms with Gasteiger partial charge in [0.05, 0.1) is 5.75 Å². The summed E-state index contributed by atoms with van der Waals surface area (Å²) in [6.07, 6.45) is 8.51. The molecular formula is C22H25N5OS2. The van der Waals surface area contributed by atoms with Crippen LogP contribution in [0.15, 0.2) is 35.6 Å². The van der Waals surface area contributed by atoms with Gasteiger partial charge in [0.25, 0.3) is 0 Å². The van der Waals surface area contributed by atoms with Crippen LogP contribution in [0.5, 0.6) is 0 Å². The van der Waals surface area contributed by atoms with E-state index in [0.29, 0.717) is 11.8 Å². The molecule has 0 saturated heterocycles. The van der Waals surface area contributed by atoms with Crippen molar-refractivity contribution in [3.8, 4) is 0 Å². The highest BCUT2D eigenvalue weighted by atomic mass is 32.2. The normalized spacial score (nSPS) is 17.1. The van der Waals surface area contributed by atoms with E-state index >= 15 is 0 Å². The smallest absolute Gasteiger partial charge is 0.230 e. The summed E-state index contributed by atoms with van der Waals surface area (Å²) in [5.74, 6) is 0.475. The van der Waals surface area contributed by atoms with Gasteiger partial charge >= 0.3 is 0 Å². The largest absolute Gasteiger partial charge is 0.353 e. The van der Waals surface area contributed by atoms with Gasteiger partial charge in [-0.2, -0.15) is 4.98 Å². The predicted octanol–water partition coefficient (Wildman–Crippen LogP) is 4.19. The Labute approximate surface area is 184 Å². The molecule has 1 amide bonds. The quantitative estimate of drug-likeness (QED) is 0.475. The van der Waals surface area contributed by atoms with E-state index in [1.54, 1.807) is 17.7 Å². The number of carbonyl (C=O) groups is 1. The molecule has 3 aromatic rings. The highest BCUT2D eigenvalue weighted by molar-refractivity contribution is 8.00. The minimum absolute atomic E-state index is 0.0936. The van der Waals surface area contributed by atoms with E-state index in [4.69, 9.17) is 4.98 Å². The van der Waals surface area contributed by atoms with Gasteiger partial charge in [0.1, 0.15) is 16.1 Å². The lowest BCUT2D eigenvalue weighted by Crippen LogP contribution is -2.37. The number of nitrogens with zero attached hydrogens (tertiary/aromatic N) is 4. The van der Waals surface area contributed by atoms with Crippen molar-refractivity contribution in [1.82, 2.24) is 20.3 Å². The molecule has 0 radical (unpaired) electrons. The number of amides is 1. The molecule has 2 aliphatic rings. The van der Waals surface area contributed by atoms with Crippen LogP contribution < -0.4 is 10.2 Å². The van der Waals surface area contributed by atoms with Gasteiger partial charge in [-0.1, -0.05) is 66.6 Å². The summed E-state index contributed by atoms with van der Waals surface area (Å²) in [5.41, 5.74) is 3.51. The minimum atomic E-state index is 0.0936. The number of aromatic nitrogens is 3. The van der Waals surface area contributed by atoms with E-state index in [2.05, 4.69) is 44.5 Å². The Kier molecular flexibility index (Phi) is 5.86. The lowest BCUT2D eigenvalue weighted by atomic mass is 9.95. The van der Waals surface area contributed by atoms with E-state index < -0.39 is 0 Å². The van der Waals surface area contributed by atoms with Gasteiger partial charge in [0.15, 0.2) is 10.8 Å². The first-order valence-corrected chi connectivity index (χ1v) is 12.4. The molecule has 1 fully saturated rings. The fourth-order valence-electron chi connectivity index (χ4n) is 4.27. The first kappa shape index (κ1) is 19.8. The molecule has 1 aromatic carbocycles. The number of hydrogen-bond donors (Lipinski definition) is 1. The number of benzene rings is 1. The van der Waals surface area contributed by atoms with Crippen molar-refractivity contribution < 1.29 is 4.79 Å². The molecular weight excluding hydrogens is 414 g/mol. The van der Waals surface area contributed by atoms with Crippen LogP contribution in [0.3, 0.4) is 0 Å². The first-order chi connectivity index (χ1) is 14.8. The molecule has 1 N–H and O–H groups in total. The molecule has 0 unspecified atom stereocenters. The van der Waals surface area contributed by atoms with Crippen LogP contribution in [-0.2, 0) is 17.8 Å². The van der Waals surface area contributed by atoms with Crippen LogP contribution in [-0.4, -0.2) is 39.2 Å². The second-order valence-corrected chi connectivity index (χ2v) is 9.90. The monoisotopic (exact) mass is 439 g/mol. The molecule has 5 rings (SSSR count). The van der Waals surface area contributed by atoms with E-state index in [1.807, 2.05) is 0 Å². The van der Waals surface area contributed by atoms with Gasteiger partial charge in [0, 0.05) is 19.1 Å². The number of fused-ring (bicyclic) bond motifs is 2. The highest BCUT2D eigenvalue weighted by Gasteiger charge is 2.21. The maximum Gasteiger partial charge on any atom is 0.230 e. The SMILES string of the molecule is O=C(CSc1ncnc2nc(N3CCc4ccccc4C3)sc12)NC1CCCCC1. The molecule has 1 aliphatic heterocycles. The molecule has 0 bridgehead atoms. The molecule has 0 atom stereocenters. The zero-order valence-corrected chi connectivity index (χ0v) is 18.5. The van der Waals surface area contributed by atoms with Crippen molar-refractivity contribution in [2.24, 2.45) is 0 Å². The number of thiazole rings is 1. The van der Waals surface area contributed by atoms with Crippen molar-refractivity contribution in [2.75, 3.05) is 17.2 Å². The van der Waals surface area contributed by atoms with E-state index in [1.165, 1.54) is 42.2 Å². The lowest BCUT2D eigenvalue weighted by Gasteiger charge is -2.28. The summed E-state index contributed by atoms with van der Waals surface area (Å²) in [7, 11) is 0. The third-order valence-corrected chi connectivity index (χ3v) is 8.09. The Morgan fingerprint density at radius 2 is 2.00 bits per heavy atom. The molecule has 3 heterocycles. The number of thioether (sulfide) groups is 1. The molecule has 1 aliphatic carbocycles. The number of nitrogens with one attached hydrogen (secondary N) is 1. The van der Waals surface area contributed by atoms with Crippen LogP contribution in [0.4, 0.5) is 5.13 Å². The maximum absolute atomic E-state index is 12.4. The molecule has 6 nitrogen and oxygen atoms in total. The summed E-state index contributed by atoms with van der Waals surface area (Å²) in [4.78, 5) is 28.3. The maximum atomic E-state index is 12.4. The molecule has 0 spiro atoms. The van der Waals surface area contributed by atoms with Gasteiger partial charge in [-0.3, -0.25) is 4.79 Å². The fraction of sp³-hybridized carbons (Fsp3) is 0.455. The van der Waals surface area contributed by atoms with E-state index in [0.717, 1.165) is 52.9 Å². The second kappa shape index (κ2) is 8.89. The highest BCUT2D eigenvalue weighted by Crippen LogP contribution is 2.35. The molecule has 156 valence electrons. The van der Waals surface area contributed by atoms with Crippen molar-refractivity contribution in [3.63, 3.8) is 0 Å². The Hall–Kier alpha value is -2.19. The summed E-state index contributed by atoms with van der Waals surface area (Å²) < 4.78 is 0.974. The zero-order chi connectivity index (χ0) is 20.3. The summed E-state index contributed by atoms with van der Waals surface area (Å²) in [5, 5.41) is 5.01. The summed E-state index contributed by atoms with van der Waals surface area (Å²) >= 11 is 3.11. The van der Waals surface area contributed by atoms with E-state index in [-0.39, 0.29) is 5.91 Å². The Bertz CT molecular complexity index is 1050. The Morgan fingerprint density at radius 3 is 2.87 bits per heavy atom.